The predicted molar refractivity (Wildman–Crippen MR) is 106 cm³/mol. The quantitative estimate of drug-likeness (QED) is 0.607. The van der Waals surface area contributed by atoms with E-state index in [1.54, 1.807) is 16.8 Å². The van der Waals surface area contributed by atoms with Crippen molar-refractivity contribution in [3.8, 4) is 5.75 Å². The second-order valence-corrected chi connectivity index (χ2v) is 6.83. The van der Waals surface area contributed by atoms with E-state index in [9.17, 15) is 4.39 Å². The maximum atomic E-state index is 13.0. The molecule has 2 unspecified atom stereocenters. The molecule has 1 aliphatic rings. The van der Waals surface area contributed by atoms with Crippen LogP contribution >= 0.6 is 0 Å². The lowest BCUT2D eigenvalue weighted by molar-refractivity contribution is -0.00808. The maximum absolute atomic E-state index is 13.0. The highest BCUT2D eigenvalue weighted by atomic mass is 19.1. The monoisotopic (exact) mass is 389 g/mol. The van der Waals surface area contributed by atoms with Crippen molar-refractivity contribution in [3.63, 3.8) is 0 Å². The molecule has 152 valence electrons. The molecular formula is C20H28FN5O2. The highest BCUT2D eigenvalue weighted by molar-refractivity contribution is 5.80. The highest BCUT2D eigenvalue weighted by Crippen LogP contribution is 2.21. The molecule has 8 heteroatoms. The van der Waals surface area contributed by atoms with E-state index in [-0.39, 0.29) is 18.0 Å². The maximum Gasteiger partial charge on any atom is 0.194 e. The van der Waals surface area contributed by atoms with Crippen LogP contribution in [0.15, 0.2) is 41.7 Å². The largest absolute Gasteiger partial charge is 0.489 e. The Hall–Kier alpha value is -2.61. The first-order chi connectivity index (χ1) is 13.5. The Labute approximate surface area is 165 Å². The fourth-order valence-electron chi connectivity index (χ4n) is 3.07. The number of benzene rings is 1. The summed E-state index contributed by atoms with van der Waals surface area (Å²) in [4.78, 5) is 6.94. The number of halogens is 1. The molecule has 0 saturated carbocycles. The third-order valence-corrected chi connectivity index (χ3v) is 4.45. The summed E-state index contributed by atoms with van der Waals surface area (Å²) in [6.07, 6.45) is 3.67. The Morgan fingerprint density at radius 3 is 2.89 bits per heavy atom. The molecule has 0 bridgehead atoms. The molecule has 2 atom stereocenters. The second kappa shape index (κ2) is 9.54. The summed E-state index contributed by atoms with van der Waals surface area (Å²) in [5.74, 6) is 1.20. The standard InChI is InChI=1S/C20H28FN5O2/c1-4-22-20(23-11-15(2)28-18-7-5-17(21)6-8-18)26-9-10-27-19(14-26)16-12-24-25(3)13-16/h5-8,12-13,15,19H,4,9-11,14H2,1-3H3,(H,22,23). The third-order valence-electron chi connectivity index (χ3n) is 4.45. The number of hydrogen-bond donors (Lipinski definition) is 1. The number of guanidine groups is 1. The van der Waals surface area contributed by atoms with E-state index in [1.165, 1.54) is 12.1 Å². The molecule has 0 aliphatic carbocycles. The van der Waals surface area contributed by atoms with Crippen LogP contribution in [-0.2, 0) is 11.8 Å². The van der Waals surface area contributed by atoms with Gasteiger partial charge in [0.2, 0.25) is 0 Å². The second-order valence-electron chi connectivity index (χ2n) is 6.83. The highest BCUT2D eigenvalue weighted by Gasteiger charge is 2.25. The van der Waals surface area contributed by atoms with Gasteiger partial charge in [0.1, 0.15) is 23.8 Å². The lowest BCUT2D eigenvalue weighted by atomic mass is 10.1. The van der Waals surface area contributed by atoms with Gasteiger partial charge in [-0.3, -0.25) is 4.68 Å². The Kier molecular flexibility index (Phi) is 6.86. The molecule has 1 N–H and O–H groups in total. The summed E-state index contributed by atoms with van der Waals surface area (Å²) in [7, 11) is 1.90. The molecule has 0 spiro atoms. The molecular weight excluding hydrogens is 361 g/mol. The number of aromatic nitrogens is 2. The lowest BCUT2D eigenvalue weighted by Crippen LogP contribution is -2.48. The molecule has 7 nitrogen and oxygen atoms in total. The van der Waals surface area contributed by atoms with Gasteiger partial charge in [-0.05, 0) is 38.1 Å². The number of morpholine rings is 1. The number of aliphatic imine (C=N–C) groups is 1. The Morgan fingerprint density at radius 2 is 2.21 bits per heavy atom. The van der Waals surface area contributed by atoms with Gasteiger partial charge in [0, 0.05) is 31.9 Å². The molecule has 1 saturated heterocycles. The fourth-order valence-corrected chi connectivity index (χ4v) is 3.07. The van der Waals surface area contributed by atoms with Crippen LogP contribution in [0.4, 0.5) is 4.39 Å². The van der Waals surface area contributed by atoms with E-state index >= 15 is 0 Å². The van der Waals surface area contributed by atoms with Crippen molar-refractivity contribution in [1.82, 2.24) is 20.0 Å². The topological polar surface area (TPSA) is 63.9 Å². The van der Waals surface area contributed by atoms with Crippen molar-refractivity contribution in [3.05, 3.63) is 48.0 Å². The first-order valence-electron chi connectivity index (χ1n) is 9.60. The van der Waals surface area contributed by atoms with Crippen LogP contribution in [-0.4, -0.2) is 59.5 Å². The summed E-state index contributed by atoms with van der Waals surface area (Å²) >= 11 is 0. The van der Waals surface area contributed by atoms with Crippen LogP contribution in [0.1, 0.15) is 25.5 Å². The van der Waals surface area contributed by atoms with Gasteiger partial charge in [-0.25, -0.2) is 9.38 Å². The zero-order valence-corrected chi connectivity index (χ0v) is 16.6. The molecule has 2 aromatic rings. The van der Waals surface area contributed by atoms with Gasteiger partial charge in [0.25, 0.3) is 0 Å². The number of hydrogen-bond acceptors (Lipinski definition) is 4. The summed E-state index contributed by atoms with van der Waals surface area (Å²) in [6, 6.07) is 6.03. The molecule has 0 amide bonds. The summed E-state index contributed by atoms with van der Waals surface area (Å²) < 4.78 is 26.5. The molecule has 1 aromatic carbocycles. The Morgan fingerprint density at radius 1 is 1.43 bits per heavy atom. The lowest BCUT2D eigenvalue weighted by Gasteiger charge is -2.35. The van der Waals surface area contributed by atoms with Crippen LogP contribution in [0.3, 0.4) is 0 Å². The minimum absolute atomic E-state index is 0.0285. The number of ether oxygens (including phenoxy) is 2. The molecule has 1 aromatic heterocycles. The van der Waals surface area contributed by atoms with E-state index in [0.29, 0.717) is 25.4 Å². The van der Waals surface area contributed by atoms with Crippen LogP contribution < -0.4 is 10.1 Å². The molecule has 28 heavy (non-hydrogen) atoms. The average molecular weight is 389 g/mol. The van der Waals surface area contributed by atoms with Crippen molar-refractivity contribution in [2.45, 2.75) is 26.1 Å². The van der Waals surface area contributed by atoms with Gasteiger partial charge in [-0.15, -0.1) is 0 Å². The summed E-state index contributed by atoms with van der Waals surface area (Å²) in [6.45, 7) is 7.39. The van der Waals surface area contributed by atoms with Gasteiger partial charge in [0.15, 0.2) is 5.96 Å². The van der Waals surface area contributed by atoms with Crippen molar-refractivity contribution < 1.29 is 13.9 Å². The number of aryl methyl sites for hydroxylation is 1. The SMILES string of the molecule is CCNC(=NCC(C)Oc1ccc(F)cc1)N1CCOC(c2cnn(C)c2)C1. The zero-order valence-electron chi connectivity index (χ0n) is 16.6. The van der Waals surface area contributed by atoms with Crippen LogP contribution in [0.2, 0.25) is 0 Å². The number of rotatable bonds is 6. The molecule has 1 fully saturated rings. The Bertz CT molecular complexity index is 777. The van der Waals surface area contributed by atoms with E-state index < -0.39 is 0 Å². The van der Waals surface area contributed by atoms with Crippen LogP contribution in [0, 0.1) is 5.82 Å². The molecule has 3 rings (SSSR count). The average Bonchev–Trinajstić information content (AvgIpc) is 3.13. The Balaban J connectivity index is 1.61. The molecule has 2 heterocycles. The minimum Gasteiger partial charge on any atom is -0.489 e. The number of nitrogens with zero attached hydrogens (tertiary/aromatic N) is 4. The van der Waals surface area contributed by atoms with Crippen LogP contribution in [0.25, 0.3) is 0 Å². The van der Waals surface area contributed by atoms with Crippen molar-refractivity contribution in [1.29, 1.82) is 0 Å². The van der Waals surface area contributed by atoms with E-state index in [0.717, 1.165) is 24.6 Å². The zero-order chi connectivity index (χ0) is 19.9. The van der Waals surface area contributed by atoms with Crippen LogP contribution in [0.5, 0.6) is 5.75 Å². The van der Waals surface area contributed by atoms with Crippen molar-refractivity contribution in [2.24, 2.45) is 12.0 Å². The van der Waals surface area contributed by atoms with Gasteiger partial charge in [0.05, 0.1) is 25.9 Å². The number of nitrogens with one attached hydrogen (secondary N) is 1. The normalized spacial score (nSPS) is 18.8. The van der Waals surface area contributed by atoms with E-state index in [1.807, 2.05) is 33.3 Å². The van der Waals surface area contributed by atoms with E-state index in [2.05, 4.69) is 15.3 Å². The first kappa shape index (κ1) is 20.1. The van der Waals surface area contributed by atoms with E-state index in [4.69, 9.17) is 14.5 Å². The van der Waals surface area contributed by atoms with Crippen molar-refractivity contribution >= 4 is 5.96 Å². The molecule has 1 aliphatic heterocycles. The predicted octanol–water partition coefficient (Wildman–Crippen LogP) is 2.37. The summed E-state index contributed by atoms with van der Waals surface area (Å²) in [5, 5.41) is 7.59. The minimum atomic E-state index is -0.275. The van der Waals surface area contributed by atoms with Gasteiger partial charge in [-0.1, -0.05) is 0 Å². The van der Waals surface area contributed by atoms with Gasteiger partial charge >= 0.3 is 0 Å². The van der Waals surface area contributed by atoms with Crippen molar-refractivity contribution in [2.75, 3.05) is 32.8 Å². The first-order valence-corrected chi connectivity index (χ1v) is 9.60. The smallest absolute Gasteiger partial charge is 0.194 e. The third kappa shape index (κ3) is 5.45. The van der Waals surface area contributed by atoms with Gasteiger partial charge < -0.3 is 19.7 Å². The van der Waals surface area contributed by atoms with Gasteiger partial charge in [-0.2, -0.15) is 5.10 Å². The summed E-state index contributed by atoms with van der Waals surface area (Å²) in [5.41, 5.74) is 1.07. The fraction of sp³-hybridized carbons (Fsp3) is 0.500. The molecule has 0 radical (unpaired) electrons.